The first-order valence-electron chi connectivity index (χ1n) is 7.58. The lowest BCUT2D eigenvalue weighted by Gasteiger charge is -2.38. The zero-order valence-electron chi connectivity index (χ0n) is 15.1. The van der Waals surface area contributed by atoms with Crippen LogP contribution in [0.4, 0.5) is 0 Å². The van der Waals surface area contributed by atoms with Gasteiger partial charge in [-0.25, -0.2) is 0 Å². The first-order valence-corrected chi connectivity index (χ1v) is 16.9. The van der Waals surface area contributed by atoms with Crippen molar-refractivity contribution in [1.82, 2.24) is 5.32 Å². The number of nitrogens with one attached hydrogen (secondary N) is 1. The molecule has 0 rings (SSSR count). The monoisotopic (exact) mass is 347 g/mol. The molecule has 0 bridgehead atoms. The van der Waals surface area contributed by atoms with Crippen molar-refractivity contribution in [3.8, 4) is 0 Å². The SMILES string of the molecule is C=C(C)C(=O)NCCC[Si](C)(O[Si](C)(C)C)O[Si](C)(C)C. The van der Waals surface area contributed by atoms with Crippen molar-refractivity contribution in [3.05, 3.63) is 12.2 Å². The fourth-order valence-electron chi connectivity index (χ4n) is 2.18. The minimum atomic E-state index is -2.17. The normalized spacial score (nSPS) is 13.1. The van der Waals surface area contributed by atoms with E-state index in [9.17, 15) is 4.79 Å². The van der Waals surface area contributed by atoms with Crippen molar-refractivity contribution in [2.75, 3.05) is 6.54 Å². The molecule has 0 aliphatic carbocycles. The van der Waals surface area contributed by atoms with E-state index in [1.54, 1.807) is 6.92 Å². The van der Waals surface area contributed by atoms with E-state index in [1.807, 2.05) is 0 Å². The Labute approximate surface area is 133 Å². The van der Waals surface area contributed by atoms with Crippen molar-refractivity contribution in [2.24, 2.45) is 0 Å². The molecule has 1 N–H and O–H groups in total. The van der Waals surface area contributed by atoms with Crippen molar-refractivity contribution in [1.29, 1.82) is 0 Å². The summed E-state index contributed by atoms with van der Waals surface area (Å²) >= 11 is 0. The van der Waals surface area contributed by atoms with Gasteiger partial charge in [0.1, 0.15) is 0 Å². The standard InChI is InChI=1S/C14H33NO3Si3/c1-13(2)14(16)15-11-10-12-21(9,17-19(3,4)5)18-20(6,7)8/h1,10-12H2,2-9H3,(H,15,16). The smallest absolute Gasteiger partial charge is 0.314 e. The van der Waals surface area contributed by atoms with Gasteiger partial charge in [0.2, 0.25) is 5.91 Å². The quantitative estimate of drug-likeness (QED) is 0.391. The first-order chi connectivity index (χ1) is 9.24. The Balaban J connectivity index is 4.55. The molecule has 0 aliphatic rings. The average Bonchev–Trinajstić information content (AvgIpc) is 2.18. The lowest BCUT2D eigenvalue weighted by atomic mass is 10.3. The van der Waals surface area contributed by atoms with E-state index in [0.29, 0.717) is 12.1 Å². The number of hydrogen-bond acceptors (Lipinski definition) is 3. The second-order valence-corrected chi connectivity index (χ2v) is 20.6. The lowest BCUT2D eigenvalue weighted by Crippen LogP contribution is -2.52. The van der Waals surface area contributed by atoms with Crippen LogP contribution in [0.3, 0.4) is 0 Å². The average molecular weight is 348 g/mol. The van der Waals surface area contributed by atoms with Crippen LogP contribution in [0.5, 0.6) is 0 Å². The molecule has 4 nitrogen and oxygen atoms in total. The maximum absolute atomic E-state index is 11.5. The molecule has 1 amide bonds. The van der Waals surface area contributed by atoms with Gasteiger partial charge in [-0.05, 0) is 65.2 Å². The van der Waals surface area contributed by atoms with E-state index in [4.69, 9.17) is 8.23 Å². The van der Waals surface area contributed by atoms with Gasteiger partial charge >= 0.3 is 8.56 Å². The Morgan fingerprint density at radius 2 is 1.43 bits per heavy atom. The van der Waals surface area contributed by atoms with E-state index >= 15 is 0 Å². The van der Waals surface area contributed by atoms with Gasteiger partial charge in [-0.15, -0.1) is 0 Å². The van der Waals surface area contributed by atoms with Crippen LogP contribution in [0.1, 0.15) is 13.3 Å². The Morgan fingerprint density at radius 1 is 1.00 bits per heavy atom. The molecule has 0 aromatic heterocycles. The van der Waals surface area contributed by atoms with Gasteiger partial charge in [-0.1, -0.05) is 6.58 Å². The van der Waals surface area contributed by atoms with Crippen LogP contribution in [-0.2, 0) is 13.0 Å². The Morgan fingerprint density at radius 3 is 1.76 bits per heavy atom. The summed E-state index contributed by atoms with van der Waals surface area (Å²) in [4.78, 5) is 11.5. The van der Waals surface area contributed by atoms with Crippen molar-refractivity contribution in [2.45, 2.75) is 65.2 Å². The maximum Gasteiger partial charge on any atom is 0.314 e. The molecule has 0 unspecified atom stereocenters. The number of rotatable bonds is 9. The molecule has 7 heteroatoms. The molecule has 0 spiro atoms. The van der Waals surface area contributed by atoms with Gasteiger partial charge in [0, 0.05) is 12.1 Å². The van der Waals surface area contributed by atoms with Crippen molar-refractivity contribution < 1.29 is 13.0 Å². The second kappa shape index (κ2) is 7.87. The second-order valence-electron chi connectivity index (χ2n) is 7.70. The Hall–Kier alpha value is -0.219. The highest BCUT2D eigenvalue weighted by Crippen LogP contribution is 2.25. The van der Waals surface area contributed by atoms with Gasteiger partial charge in [0.25, 0.3) is 0 Å². The molecule has 21 heavy (non-hydrogen) atoms. The Kier molecular flexibility index (Phi) is 7.78. The zero-order valence-corrected chi connectivity index (χ0v) is 18.1. The van der Waals surface area contributed by atoms with Gasteiger partial charge in [0.05, 0.1) is 0 Å². The summed E-state index contributed by atoms with van der Waals surface area (Å²) in [6.07, 6.45) is 0.886. The molecule has 0 radical (unpaired) electrons. The minimum absolute atomic E-state index is 0.0735. The van der Waals surface area contributed by atoms with Crippen LogP contribution in [0.2, 0.25) is 51.9 Å². The third-order valence-electron chi connectivity index (χ3n) is 2.53. The number of carbonyl (C=O) groups is 1. The fourth-order valence-corrected chi connectivity index (χ4v) is 14.7. The molecular formula is C14H33NO3Si3. The molecule has 0 saturated heterocycles. The molecule has 0 aliphatic heterocycles. The topological polar surface area (TPSA) is 47.6 Å². The number of hydrogen-bond donors (Lipinski definition) is 1. The maximum atomic E-state index is 11.5. The summed E-state index contributed by atoms with van der Waals surface area (Å²) in [6, 6.07) is 0.915. The van der Waals surface area contributed by atoms with E-state index in [0.717, 1.165) is 12.5 Å². The molecule has 124 valence electrons. The van der Waals surface area contributed by atoms with Gasteiger partial charge in [-0.2, -0.15) is 0 Å². The zero-order chi connectivity index (χ0) is 16.9. The molecular weight excluding hydrogens is 314 g/mol. The highest BCUT2D eigenvalue weighted by atomic mass is 28.5. The van der Waals surface area contributed by atoms with Crippen LogP contribution < -0.4 is 5.32 Å². The minimum Gasteiger partial charge on any atom is -0.437 e. The molecule has 0 heterocycles. The molecule has 0 saturated carbocycles. The lowest BCUT2D eigenvalue weighted by molar-refractivity contribution is -0.117. The van der Waals surface area contributed by atoms with Crippen molar-refractivity contribution >= 4 is 31.1 Å². The summed E-state index contributed by atoms with van der Waals surface area (Å²) in [5.41, 5.74) is 0.548. The van der Waals surface area contributed by atoms with E-state index in [2.05, 4.69) is 57.7 Å². The largest absolute Gasteiger partial charge is 0.437 e. The van der Waals surface area contributed by atoms with Crippen LogP contribution in [0, 0.1) is 0 Å². The van der Waals surface area contributed by atoms with Crippen LogP contribution in [0.25, 0.3) is 0 Å². The third kappa shape index (κ3) is 11.1. The number of amides is 1. The molecule has 0 fully saturated rings. The summed E-state index contributed by atoms with van der Waals surface area (Å²) < 4.78 is 12.8. The third-order valence-corrected chi connectivity index (χ3v) is 12.1. The first kappa shape index (κ1) is 20.8. The van der Waals surface area contributed by atoms with Gasteiger partial charge in [-0.3, -0.25) is 4.79 Å². The fraction of sp³-hybridized carbons (Fsp3) is 0.786. The molecule has 0 aromatic rings. The summed E-state index contributed by atoms with van der Waals surface area (Å²) in [5.74, 6) is -0.0735. The van der Waals surface area contributed by atoms with E-state index in [-0.39, 0.29) is 5.91 Å². The van der Waals surface area contributed by atoms with Gasteiger partial charge < -0.3 is 13.5 Å². The van der Waals surface area contributed by atoms with Crippen molar-refractivity contribution in [3.63, 3.8) is 0 Å². The highest BCUT2D eigenvalue weighted by molar-refractivity contribution is 6.87. The van der Waals surface area contributed by atoms with Crippen LogP contribution >= 0.6 is 0 Å². The Bertz CT molecular complexity index is 357. The highest BCUT2D eigenvalue weighted by Gasteiger charge is 2.39. The molecule has 0 atom stereocenters. The van der Waals surface area contributed by atoms with E-state index < -0.39 is 25.2 Å². The number of carbonyl (C=O) groups excluding carboxylic acids is 1. The predicted octanol–water partition coefficient (Wildman–Crippen LogP) is 3.84. The van der Waals surface area contributed by atoms with Gasteiger partial charge in [0.15, 0.2) is 16.6 Å². The summed E-state index contributed by atoms with van der Waals surface area (Å²) in [5, 5.41) is 2.88. The van der Waals surface area contributed by atoms with E-state index in [1.165, 1.54) is 0 Å². The van der Waals surface area contributed by atoms with Crippen LogP contribution in [0.15, 0.2) is 12.2 Å². The summed E-state index contributed by atoms with van der Waals surface area (Å²) in [6.45, 7) is 21.4. The summed E-state index contributed by atoms with van der Waals surface area (Å²) in [7, 11) is -5.44. The predicted molar refractivity (Wildman–Crippen MR) is 97.7 cm³/mol. The molecule has 0 aromatic carbocycles. The van der Waals surface area contributed by atoms with Crippen LogP contribution in [-0.4, -0.2) is 37.6 Å².